The second-order valence-corrected chi connectivity index (χ2v) is 4.48. The van der Waals surface area contributed by atoms with E-state index in [0.29, 0.717) is 11.9 Å². The molecule has 1 fully saturated rings. The molecule has 0 aliphatic heterocycles. The summed E-state index contributed by atoms with van der Waals surface area (Å²) >= 11 is 5.81. The van der Waals surface area contributed by atoms with E-state index >= 15 is 0 Å². The second kappa shape index (κ2) is 4.30. The Morgan fingerprint density at radius 3 is 3.14 bits per heavy atom. The molecule has 2 unspecified atom stereocenters. The average molecular weight is 214 g/mol. The van der Waals surface area contributed by atoms with Crippen molar-refractivity contribution in [1.29, 1.82) is 0 Å². The van der Waals surface area contributed by atoms with E-state index in [1.807, 2.05) is 6.33 Å². The standard InChI is InChI=1S/C10H16ClN3/c1-8-3-2-4-9(5-8)14-7-12-13-10(14)6-11/h7-9H,2-6H2,1H3. The molecule has 78 valence electrons. The molecule has 1 heterocycles. The summed E-state index contributed by atoms with van der Waals surface area (Å²) in [6.07, 6.45) is 6.97. The maximum absolute atomic E-state index is 5.81. The van der Waals surface area contributed by atoms with Gasteiger partial charge in [-0.1, -0.05) is 19.8 Å². The molecular weight excluding hydrogens is 198 g/mol. The van der Waals surface area contributed by atoms with Crippen LogP contribution in [0.4, 0.5) is 0 Å². The van der Waals surface area contributed by atoms with Gasteiger partial charge < -0.3 is 4.57 Å². The fraction of sp³-hybridized carbons (Fsp3) is 0.800. The van der Waals surface area contributed by atoms with Crippen LogP contribution in [0.3, 0.4) is 0 Å². The quantitative estimate of drug-likeness (QED) is 0.708. The Hall–Kier alpha value is -0.570. The van der Waals surface area contributed by atoms with E-state index in [9.17, 15) is 0 Å². The molecule has 1 aliphatic carbocycles. The summed E-state index contributed by atoms with van der Waals surface area (Å²) in [5, 5.41) is 7.94. The van der Waals surface area contributed by atoms with Crippen molar-refractivity contribution in [2.45, 2.75) is 44.5 Å². The zero-order valence-corrected chi connectivity index (χ0v) is 9.24. The van der Waals surface area contributed by atoms with Gasteiger partial charge in [0, 0.05) is 6.04 Å². The topological polar surface area (TPSA) is 30.7 Å². The summed E-state index contributed by atoms with van der Waals surface area (Å²) in [5.74, 6) is 2.19. The SMILES string of the molecule is CC1CCCC(n2cnnc2CCl)C1. The highest BCUT2D eigenvalue weighted by Crippen LogP contribution is 2.32. The Kier molecular flexibility index (Phi) is 3.06. The lowest BCUT2D eigenvalue weighted by Gasteiger charge is -2.28. The maximum atomic E-state index is 5.81. The van der Waals surface area contributed by atoms with Gasteiger partial charge in [0.2, 0.25) is 0 Å². The summed E-state index contributed by atoms with van der Waals surface area (Å²) in [6.45, 7) is 2.32. The molecule has 0 bridgehead atoms. The van der Waals surface area contributed by atoms with Gasteiger partial charge in [0.1, 0.15) is 12.2 Å². The fourth-order valence-corrected chi connectivity index (χ4v) is 2.51. The molecule has 0 spiro atoms. The van der Waals surface area contributed by atoms with Crippen LogP contribution >= 0.6 is 11.6 Å². The van der Waals surface area contributed by atoms with Crippen molar-refractivity contribution in [2.24, 2.45) is 5.92 Å². The molecule has 0 saturated heterocycles. The van der Waals surface area contributed by atoms with E-state index in [4.69, 9.17) is 11.6 Å². The minimum Gasteiger partial charge on any atom is -0.313 e. The van der Waals surface area contributed by atoms with Crippen LogP contribution in [-0.4, -0.2) is 14.8 Å². The lowest BCUT2D eigenvalue weighted by molar-refractivity contribution is 0.278. The number of nitrogens with zero attached hydrogens (tertiary/aromatic N) is 3. The van der Waals surface area contributed by atoms with Crippen LogP contribution in [0.25, 0.3) is 0 Å². The zero-order chi connectivity index (χ0) is 9.97. The first kappa shape index (κ1) is 9.97. The number of rotatable bonds is 2. The molecule has 0 aromatic carbocycles. The van der Waals surface area contributed by atoms with E-state index in [0.717, 1.165) is 11.7 Å². The van der Waals surface area contributed by atoms with Crippen LogP contribution in [0.15, 0.2) is 6.33 Å². The molecule has 2 atom stereocenters. The van der Waals surface area contributed by atoms with Gasteiger partial charge in [-0.3, -0.25) is 0 Å². The van der Waals surface area contributed by atoms with Crippen LogP contribution in [0.2, 0.25) is 0 Å². The van der Waals surface area contributed by atoms with Gasteiger partial charge in [-0.25, -0.2) is 0 Å². The number of halogens is 1. The summed E-state index contributed by atoms with van der Waals surface area (Å²) < 4.78 is 2.16. The van der Waals surface area contributed by atoms with Gasteiger partial charge in [-0.05, 0) is 18.8 Å². The lowest BCUT2D eigenvalue weighted by Crippen LogP contribution is -2.18. The molecule has 4 heteroatoms. The third-order valence-corrected chi connectivity index (χ3v) is 3.31. The Bertz CT molecular complexity index is 297. The third-order valence-electron chi connectivity index (χ3n) is 3.07. The Morgan fingerprint density at radius 2 is 2.43 bits per heavy atom. The summed E-state index contributed by atoms with van der Waals surface area (Å²) in [4.78, 5) is 0. The first-order chi connectivity index (χ1) is 6.81. The first-order valence-electron chi connectivity index (χ1n) is 5.25. The number of alkyl halides is 1. The highest BCUT2D eigenvalue weighted by Gasteiger charge is 2.21. The number of hydrogen-bond acceptors (Lipinski definition) is 2. The van der Waals surface area contributed by atoms with E-state index in [1.165, 1.54) is 25.7 Å². The fourth-order valence-electron chi connectivity index (χ4n) is 2.32. The van der Waals surface area contributed by atoms with Crippen molar-refractivity contribution in [3.8, 4) is 0 Å². The largest absolute Gasteiger partial charge is 0.313 e. The van der Waals surface area contributed by atoms with Gasteiger partial charge in [0.05, 0.1) is 5.88 Å². The second-order valence-electron chi connectivity index (χ2n) is 4.21. The van der Waals surface area contributed by atoms with Crippen molar-refractivity contribution < 1.29 is 0 Å². The molecule has 0 radical (unpaired) electrons. The molecular formula is C10H16ClN3. The van der Waals surface area contributed by atoms with Crippen LogP contribution in [0, 0.1) is 5.92 Å². The summed E-state index contributed by atoms with van der Waals surface area (Å²) in [5.41, 5.74) is 0. The van der Waals surface area contributed by atoms with Crippen molar-refractivity contribution in [2.75, 3.05) is 0 Å². The molecule has 1 aromatic heterocycles. The van der Waals surface area contributed by atoms with Crippen molar-refractivity contribution in [3.05, 3.63) is 12.2 Å². The Balaban J connectivity index is 2.13. The lowest BCUT2D eigenvalue weighted by atomic mass is 9.87. The molecule has 2 rings (SSSR count). The Morgan fingerprint density at radius 1 is 1.57 bits per heavy atom. The zero-order valence-electron chi connectivity index (χ0n) is 8.49. The van der Waals surface area contributed by atoms with E-state index in [1.54, 1.807) is 0 Å². The van der Waals surface area contributed by atoms with Gasteiger partial charge in [0.25, 0.3) is 0 Å². The molecule has 1 aliphatic rings. The summed E-state index contributed by atoms with van der Waals surface area (Å²) in [6, 6.07) is 0.572. The maximum Gasteiger partial charge on any atom is 0.148 e. The molecule has 3 nitrogen and oxygen atoms in total. The number of aromatic nitrogens is 3. The van der Waals surface area contributed by atoms with Crippen LogP contribution < -0.4 is 0 Å². The van der Waals surface area contributed by atoms with Crippen LogP contribution in [0.5, 0.6) is 0 Å². The smallest absolute Gasteiger partial charge is 0.148 e. The molecule has 14 heavy (non-hydrogen) atoms. The predicted molar refractivity (Wildman–Crippen MR) is 56.2 cm³/mol. The number of hydrogen-bond donors (Lipinski definition) is 0. The van der Waals surface area contributed by atoms with Gasteiger partial charge >= 0.3 is 0 Å². The molecule has 1 aromatic rings. The third kappa shape index (κ3) is 1.92. The van der Waals surface area contributed by atoms with Gasteiger partial charge in [-0.2, -0.15) is 0 Å². The van der Waals surface area contributed by atoms with E-state index < -0.39 is 0 Å². The normalized spacial score (nSPS) is 27.9. The van der Waals surface area contributed by atoms with Crippen LogP contribution in [0.1, 0.15) is 44.5 Å². The highest BCUT2D eigenvalue weighted by molar-refractivity contribution is 6.16. The van der Waals surface area contributed by atoms with Gasteiger partial charge in [0.15, 0.2) is 0 Å². The van der Waals surface area contributed by atoms with Crippen LogP contribution in [-0.2, 0) is 5.88 Å². The minimum absolute atomic E-state index is 0.463. The molecule has 0 N–H and O–H groups in total. The van der Waals surface area contributed by atoms with Crippen molar-refractivity contribution in [1.82, 2.24) is 14.8 Å². The van der Waals surface area contributed by atoms with Crippen molar-refractivity contribution >= 4 is 11.6 Å². The van der Waals surface area contributed by atoms with E-state index in [-0.39, 0.29) is 0 Å². The minimum atomic E-state index is 0.463. The first-order valence-corrected chi connectivity index (χ1v) is 5.79. The van der Waals surface area contributed by atoms with Crippen molar-refractivity contribution in [3.63, 3.8) is 0 Å². The molecule has 0 amide bonds. The predicted octanol–water partition coefficient (Wildman–Crippen LogP) is 2.77. The molecule has 1 saturated carbocycles. The average Bonchev–Trinajstić information content (AvgIpc) is 2.65. The summed E-state index contributed by atoms with van der Waals surface area (Å²) in [7, 11) is 0. The van der Waals surface area contributed by atoms with Gasteiger partial charge in [-0.15, -0.1) is 21.8 Å². The highest BCUT2D eigenvalue weighted by atomic mass is 35.5. The van der Waals surface area contributed by atoms with E-state index in [2.05, 4.69) is 21.7 Å². The Labute approximate surface area is 89.5 Å². The monoisotopic (exact) mass is 213 g/mol.